The third kappa shape index (κ3) is 4.15. The third-order valence-corrected chi connectivity index (χ3v) is 4.08. The average molecular weight is 293 g/mol. The van der Waals surface area contributed by atoms with Gasteiger partial charge in [-0.25, -0.2) is 4.39 Å². The van der Waals surface area contributed by atoms with Crippen molar-refractivity contribution in [2.45, 2.75) is 25.9 Å². The smallest absolute Gasteiger partial charge is 0.308 e. The number of hydrogen-bond donors (Lipinski definition) is 2. The molecule has 0 saturated heterocycles. The van der Waals surface area contributed by atoms with Crippen LogP contribution in [0.5, 0.6) is 0 Å². The molecule has 2 aromatic rings. The van der Waals surface area contributed by atoms with E-state index in [1.165, 1.54) is 23.5 Å². The van der Waals surface area contributed by atoms with Gasteiger partial charge in [-0.1, -0.05) is 12.1 Å². The van der Waals surface area contributed by atoms with Gasteiger partial charge in [-0.05, 0) is 36.8 Å². The first kappa shape index (κ1) is 14.7. The largest absolute Gasteiger partial charge is 0.481 e. The van der Waals surface area contributed by atoms with E-state index in [-0.39, 0.29) is 18.3 Å². The molecule has 0 fully saturated rings. The highest BCUT2D eigenvalue weighted by molar-refractivity contribution is 7.12. The van der Waals surface area contributed by atoms with Gasteiger partial charge in [-0.15, -0.1) is 11.3 Å². The molecule has 1 aromatic carbocycles. The number of aliphatic carboxylic acids is 1. The maximum absolute atomic E-state index is 12.8. The summed E-state index contributed by atoms with van der Waals surface area (Å²) in [6.07, 6.45) is 0.0676. The zero-order chi connectivity index (χ0) is 14.5. The molecule has 1 heterocycles. The lowest BCUT2D eigenvalue weighted by Gasteiger charge is -2.13. The highest BCUT2D eigenvalue weighted by Gasteiger charge is 2.07. The quantitative estimate of drug-likeness (QED) is 0.858. The van der Waals surface area contributed by atoms with Crippen molar-refractivity contribution in [3.63, 3.8) is 0 Å². The van der Waals surface area contributed by atoms with Crippen LogP contribution in [0.2, 0.25) is 0 Å². The maximum atomic E-state index is 12.8. The van der Waals surface area contributed by atoms with Gasteiger partial charge < -0.3 is 10.4 Å². The van der Waals surface area contributed by atoms with Gasteiger partial charge in [-0.3, -0.25) is 4.79 Å². The van der Waals surface area contributed by atoms with Crippen LogP contribution >= 0.6 is 11.3 Å². The number of hydrogen-bond acceptors (Lipinski definition) is 3. The number of carboxylic acid groups (broad SMARTS) is 1. The molecule has 0 aliphatic rings. The van der Waals surface area contributed by atoms with E-state index < -0.39 is 5.97 Å². The fourth-order valence-electron chi connectivity index (χ4n) is 1.88. The lowest BCUT2D eigenvalue weighted by molar-refractivity contribution is -0.136. The first-order valence-electron chi connectivity index (χ1n) is 6.33. The summed E-state index contributed by atoms with van der Waals surface area (Å²) in [6, 6.07) is 10.3. The first-order chi connectivity index (χ1) is 9.54. The molecule has 1 atom stereocenters. The van der Waals surface area contributed by atoms with Crippen LogP contribution in [0.3, 0.4) is 0 Å². The van der Waals surface area contributed by atoms with Crippen molar-refractivity contribution in [3.05, 3.63) is 57.5 Å². The topological polar surface area (TPSA) is 49.3 Å². The number of carboxylic acids is 1. The fraction of sp³-hybridized carbons (Fsp3) is 0.267. The van der Waals surface area contributed by atoms with E-state index in [9.17, 15) is 9.18 Å². The summed E-state index contributed by atoms with van der Waals surface area (Å²) in [5.74, 6) is -1.05. The van der Waals surface area contributed by atoms with Gasteiger partial charge in [0, 0.05) is 22.3 Å². The third-order valence-electron chi connectivity index (χ3n) is 3.00. The van der Waals surface area contributed by atoms with E-state index in [2.05, 4.69) is 5.32 Å². The summed E-state index contributed by atoms with van der Waals surface area (Å²) in [5.41, 5.74) is 1.02. The second-order valence-electron chi connectivity index (χ2n) is 4.59. The Hall–Kier alpha value is -1.72. The summed E-state index contributed by atoms with van der Waals surface area (Å²) in [7, 11) is 0. The lowest BCUT2D eigenvalue weighted by Crippen LogP contribution is -2.17. The van der Waals surface area contributed by atoms with Crippen LogP contribution in [0, 0.1) is 5.82 Å². The van der Waals surface area contributed by atoms with Crippen LogP contribution in [-0.4, -0.2) is 11.1 Å². The molecule has 0 aliphatic carbocycles. The highest BCUT2D eigenvalue weighted by Crippen LogP contribution is 2.19. The molecule has 5 heteroatoms. The highest BCUT2D eigenvalue weighted by atomic mass is 32.1. The number of halogens is 1. The van der Waals surface area contributed by atoms with Crippen molar-refractivity contribution >= 4 is 17.3 Å². The van der Waals surface area contributed by atoms with Crippen LogP contribution in [0.1, 0.15) is 28.3 Å². The molecule has 3 nitrogen and oxygen atoms in total. The van der Waals surface area contributed by atoms with Crippen molar-refractivity contribution in [2.75, 3.05) is 0 Å². The summed E-state index contributed by atoms with van der Waals surface area (Å²) < 4.78 is 12.8. The molecule has 106 valence electrons. The van der Waals surface area contributed by atoms with E-state index in [0.717, 1.165) is 15.3 Å². The van der Waals surface area contributed by atoms with Gasteiger partial charge in [0.25, 0.3) is 0 Å². The van der Waals surface area contributed by atoms with Crippen molar-refractivity contribution in [2.24, 2.45) is 0 Å². The molecule has 1 aromatic heterocycles. The number of carbonyl (C=O) groups is 1. The Balaban J connectivity index is 1.89. The van der Waals surface area contributed by atoms with Crippen molar-refractivity contribution in [1.82, 2.24) is 5.32 Å². The van der Waals surface area contributed by atoms with Crippen LogP contribution in [0.4, 0.5) is 4.39 Å². The van der Waals surface area contributed by atoms with E-state index in [1.54, 1.807) is 12.1 Å². The summed E-state index contributed by atoms with van der Waals surface area (Å²) in [4.78, 5) is 12.6. The SMILES string of the molecule is C[C@@H](NCc1ccc(CC(=O)O)s1)c1ccc(F)cc1. The zero-order valence-electron chi connectivity index (χ0n) is 11.1. The normalized spacial score (nSPS) is 12.3. The fourth-order valence-corrected chi connectivity index (χ4v) is 2.84. The minimum absolute atomic E-state index is 0.0676. The van der Waals surface area contributed by atoms with Crippen molar-refractivity contribution < 1.29 is 14.3 Å². The Morgan fingerprint density at radius 3 is 2.55 bits per heavy atom. The Morgan fingerprint density at radius 1 is 1.25 bits per heavy atom. The Morgan fingerprint density at radius 2 is 1.90 bits per heavy atom. The summed E-state index contributed by atoms with van der Waals surface area (Å²) in [6.45, 7) is 2.68. The van der Waals surface area contributed by atoms with E-state index >= 15 is 0 Å². The van der Waals surface area contributed by atoms with Gasteiger partial charge in [-0.2, -0.15) is 0 Å². The van der Waals surface area contributed by atoms with Gasteiger partial charge in [0.1, 0.15) is 5.82 Å². The Bertz CT molecular complexity index is 580. The van der Waals surface area contributed by atoms with Gasteiger partial charge in [0.2, 0.25) is 0 Å². The van der Waals surface area contributed by atoms with E-state index in [4.69, 9.17) is 5.11 Å². The number of nitrogens with one attached hydrogen (secondary N) is 1. The van der Waals surface area contributed by atoms with Crippen LogP contribution in [0.25, 0.3) is 0 Å². The zero-order valence-corrected chi connectivity index (χ0v) is 11.9. The van der Waals surface area contributed by atoms with Crippen molar-refractivity contribution in [1.29, 1.82) is 0 Å². The molecule has 0 unspecified atom stereocenters. The second-order valence-corrected chi connectivity index (χ2v) is 5.85. The Labute approximate surface area is 121 Å². The van der Waals surface area contributed by atoms with E-state index in [0.29, 0.717) is 6.54 Å². The monoisotopic (exact) mass is 293 g/mol. The first-order valence-corrected chi connectivity index (χ1v) is 7.14. The Kier molecular flexibility index (Phi) is 4.87. The summed E-state index contributed by atoms with van der Waals surface area (Å²) in [5, 5.41) is 12.1. The summed E-state index contributed by atoms with van der Waals surface area (Å²) >= 11 is 1.50. The number of rotatable bonds is 6. The molecule has 0 bridgehead atoms. The molecule has 0 radical (unpaired) electrons. The van der Waals surface area contributed by atoms with Gasteiger partial charge in [0.15, 0.2) is 0 Å². The predicted molar refractivity (Wildman–Crippen MR) is 77.3 cm³/mol. The molecule has 0 saturated carbocycles. The minimum Gasteiger partial charge on any atom is -0.481 e. The minimum atomic E-state index is -0.814. The van der Waals surface area contributed by atoms with Crippen LogP contribution in [0.15, 0.2) is 36.4 Å². The molecular weight excluding hydrogens is 277 g/mol. The molecular formula is C15H16FNO2S. The van der Waals surface area contributed by atoms with Gasteiger partial charge in [0.05, 0.1) is 6.42 Å². The maximum Gasteiger partial charge on any atom is 0.308 e. The van der Waals surface area contributed by atoms with Gasteiger partial charge >= 0.3 is 5.97 Å². The average Bonchev–Trinajstić information content (AvgIpc) is 2.83. The molecule has 0 aliphatic heterocycles. The molecule has 0 spiro atoms. The molecule has 0 amide bonds. The molecule has 2 rings (SSSR count). The van der Waals surface area contributed by atoms with Crippen LogP contribution in [-0.2, 0) is 17.8 Å². The molecule has 2 N–H and O–H groups in total. The lowest BCUT2D eigenvalue weighted by atomic mass is 10.1. The molecule has 20 heavy (non-hydrogen) atoms. The van der Waals surface area contributed by atoms with E-state index in [1.807, 2.05) is 19.1 Å². The second kappa shape index (κ2) is 6.63. The predicted octanol–water partition coefficient (Wildman–Crippen LogP) is 3.37. The van der Waals surface area contributed by atoms with Crippen molar-refractivity contribution in [3.8, 4) is 0 Å². The number of thiophene rings is 1. The standard InChI is InChI=1S/C15H16FNO2S/c1-10(11-2-4-12(16)5-3-11)17-9-14-7-6-13(20-14)8-15(18)19/h2-7,10,17H,8-9H2,1H3,(H,18,19)/t10-/m1/s1. The number of benzene rings is 1. The van der Waals surface area contributed by atoms with Crippen LogP contribution < -0.4 is 5.32 Å².